The number of ether oxygens (including phenoxy) is 2. The standard InChI is InChI=1S/C17H17F2N3O3/c18-11-7-13(19)16(21-8-11)17(23)22-14-4-6-24-10-15(14)25-9-12-3-1-2-5-20-12/h1-3,5,7-8,14-15H,4,6,9-10H2,(H,22,23)/t14-,15-/m1/s1. The number of aromatic nitrogens is 2. The van der Waals surface area contributed by atoms with Crippen LogP contribution < -0.4 is 5.32 Å². The fraction of sp³-hybridized carbons (Fsp3) is 0.353. The third kappa shape index (κ3) is 4.55. The largest absolute Gasteiger partial charge is 0.379 e. The highest BCUT2D eigenvalue weighted by Crippen LogP contribution is 2.15. The normalized spacial score (nSPS) is 20.2. The Labute approximate surface area is 143 Å². The van der Waals surface area contributed by atoms with E-state index >= 15 is 0 Å². The van der Waals surface area contributed by atoms with E-state index in [4.69, 9.17) is 9.47 Å². The quantitative estimate of drug-likeness (QED) is 0.892. The van der Waals surface area contributed by atoms with E-state index in [9.17, 15) is 13.6 Å². The number of nitrogens with one attached hydrogen (secondary N) is 1. The number of halogens is 2. The van der Waals surface area contributed by atoms with Gasteiger partial charge in [0.2, 0.25) is 0 Å². The topological polar surface area (TPSA) is 73.3 Å². The summed E-state index contributed by atoms with van der Waals surface area (Å²) in [5.74, 6) is -2.55. The van der Waals surface area contributed by atoms with Gasteiger partial charge in [0, 0.05) is 18.9 Å². The van der Waals surface area contributed by atoms with E-state index in [1.165, 1.54) is 0 Å². The zero-order valence-corrected chi connectivity index (χ0v) is 13.3. The smallest absolute Gasteiger partial charge is 0.273 e. The van der Waals surface area contributed by atoms with Gasteiger partial charge >= 0.3 is 0 Å². The molecule has 2 aromatic heterocycles. The predicted octanol–water partition coefficient (Wildman–Crippen LogP) is 1.86. The zero-order valence-electron chi connectivity index (χ0n) is 13.3. The van der Waals surface area contributed by atoms with Gasteiger partial charge < -0.3 is 14.8 Å². The molecule has 0 radical (unpaired) electrons. The maximum absolute atomic E-state index is 13.7. The van der Waals surface area contributed by atoms with Crippen molar-refractivity contribution in [1.82, 2.24) is 15.3 Å². The van der Waals surface area contributed by atoms with Gasteiger partial charge in [-0.3, -0.25) is 9.78 Å². The molecule has 0 spiro atoms. The van der Waals surface area contributed by atoms with Crippen LogP contribution in [0.2, 0.25) is 0 Å². The summed E-state index contributed by atoms with van der Waals surface area (Å²) in [6.07, 6.45) is 2.58. The Morgan fingerprint density at radius 3 is 3.00 bits per heavy atom. The van der Waals surface area contributed by atoms with E-state index in [0.717, 1.165) is 11.9 Å². The molecule has 1 fully saturated rings. The molecule has 0 bridgehead atoms. The van der Waals surface area contributed by atoms with Gasteiger partial charge in [-0.05, 0) is 18.6 Å². The van der Waals surface area contributed by atoms with E-state index in [0.29, 0.717) is 25.7 Å². The first-order valence-electron chi connectivity index (χ1n) is 7.84. The number of carbonyl (C=O) groups excluding carboxylic acids is 1. The van der Waals surface area contributed by atoms with E-state index in [1.54, 1.807) is 12.3 Å². The van der Waals surface area contributed by atoms with Crippen LogP contribution in [0.4, 0.5) is 8.78 Å². The van der Waals surface area contributed by atoms with E-state index in [-0.39, 0.29) is 12.6 Å². The monoisotopic (exact) mass is 349 g/mol. The van der Waals surface area contributed by atoms with Gasteiger partial charge in [0.1, 0.15) is 11.9 Å². The average Bonchev–Trinajstić information content (AvgIpc) is 2.61. The highest BCUT2D eigenvalue weighted by molar-refractivity contribution is 5.92. The molecule has 1 saturated heterocycles. The molecule has 1 aliphatic rings. The van der Waals surface area contributed by atoms with Crippen molar-refractivity contribution in [1.29, 1.82) is 0 Å². The van der Waals surface area contributed by atoms with E-state index in [2.05, 4.69) is 15.3 Å². The second kappa shape index (κ2) is 8.09. The second-order valence-electron chi connectivity index (χ2n) is 5.60. The number of pyridine rings is 2. The molecule has 1 aliphatic heterocycles. The summed E-state index contributed by atoms with van der Waals surface area (Å²) >= 11 is 0. The second-order valence-corrected chi connectivity index (χ2v) is 5.60. The lowest BCUT2D eigenvalue weighted by Crippen LogP contribution is -2.50. The summed E-state index contributed by atoms with van der Waals surface area (Å²) in [4.78, 5) is 19.9. The number of hydrogen-bond donors (Lipinski definition) is 1. The number of nitrogens with zero attached hydrogens (tertiary/aromatic N) is 2. The molecule has 2 aromatic rings. The predicted molar refractivity (Wildman–Crippen MR) is 83.7 cm³/mol. The van der Waals surface area contributed by atoms with Crippen molar-refractivity contribution in [3.05, 3.63) is 59.7 Å². The van der Waals surface area contributed by atoms with Crippen molar-refractivity contribution < 1.29 is 23.0 Å². The molecule has 3 rings (SSSR count). The zero-order chi connectivity index (χ0) is 17.6. The van der Waals surface area contributed by atoms with Crippen LogP contribution in [0.5, 0.6) is 0 Å². The van der Waals surface area contributed by atoms with E-state index < -0.39 is 29.3 Å². The van der Waals surface area contributed by atoms with Gasteiger partial charge in [0.15, 0.2) is 11.5 Å². The lowest BCUT2D eigenvalue weighted by Gasteiger charge is -2.32. The first-order chi connectivity index (χ1) is 12.1. The van der Waals surface area contributed by atoms with Gasteiger partial charge in [-0.2, -0.15) is 0 Å². The highest BCUT2D eigenvalue weighted by atomic mass is 19.1. The number of carbonyl (C=O) groups is 1. The van der Waals surface area contributed by atoms with Crippen LogP contribution in [0.3, 0.4) is 0 Å². The molecule has 8 heteroatoms. The van der Waals surface area contributed by atoms with Gasteiger partial charge in [0.25, 0.3) is 5.91 Å². The Morgan fingerprint density at radius 2 is 2.24 bits per heavy atom. The first kappa shape index (κ1) is 17.4. The summed E-state index contributed by atoms with van der Waals surface area (Å²) in [6.45, 7) is 1.02. The molecule has 0 saturated carbocycles. The Morgan fingerprint density at radius 1 is 1.36 bits per heavy atom. The minimum atomic E-state index is -1.00. The number of hydrogen-bond acceptors (Lipinski definition) is 5. The molecular weight excluding hydrogens is 332 g/mol. The van der Waals surface area contributed by atoms with Crippen LogP contribution >= 0.6 is 0 Å². The molecule has 3 heterocycles. The summed E-state index contributed by atoms with van der Waals surface area (Å²) in [7, 11) is 0. The van der Waals surface area contributed by atoms with Crippen LogP contribution in [-0.2, 0) is 16.1 Å². The Bertz CT molecular complexity index is 730. The third-order valence-corrected chi connectivity index (χ3v) is 3.81. The summed E-state index contributed by atoms with van der Waals surface area (Å²) in [6, 6.07) is 5.75. The minimum absolute atomic E-state index is 0.268. The molecule has 1 amide bonds. The van der Waals surface area contributed by atoms with Crippen LogP contribution in [0, 0.1) is 11.6 Å². The molecule has 1 N–H and O–H groups in total. The molecule has 132 valence electrons. The van der Waals surface area contributed by atoms with Crippen LogP contribution in [0.25, 0.3) is 0 Å². The summed E-state index contributed by atoms with van der Waals surface area (Å²) < 4.78 is 37.8. The summed E-state index contributed by atoms with van der Waals surface area (Å²) in [5, 5.41) is 2.69. The maximum atomic E-state index is 13.7. The lowest BCUT2D eigenvalue weighted by atomic mass is 10.1. The van der Waals surface area contributed by atoms with Gasteiger partial charge in [0.05, 0.1) is 31.1 Å². The molecule has 0 aliphatic carbocycles. The Balaban J connectivity index is 1.63. The molecule has 2 atom stereocenters. The van der Waals surface area contributed by atoms with Crippen molar-refractivity contribution in [3.8, 4) is 0 Å². The fourth-order valence-electron chi connectivity index (χ4n) is 2.54. The molecule has 0 aromatic carbocycles. The van der Waals surface area contributed by atoms with Gasteiger partial charge in [-0.1, -0.05) is 6.07 Å². The average molecular weight is 349 g/mol. The van der Waals surface area contributed by atoms with Crippen molar-refractivity contribution in [3.63, 3.8) is 0 Å². The Hall–Kier alpha value is -2.45. The fourth-order valence-corrected chi connectivity index (χ4v) is 2.54. The Kier molecular flexibility index (Phi) is 5.62. The first-order valence-corrected chi connectivity index (χ1v) is 7.84. The van der Waals surface area contributed by atoms with Crippen LogP contribution in [0.1, 0.15) is 22.6 Å². The number of rotatable bonds is 5. The molecule has 0 unspecified atom stereocenters. The van der Waals surface area contributed by atoms with Gasteiger partial charge in [-0.25, -0.2) is 13.8 Å². The molecular formula is C17H17F2N3O3. The van der Waals surface area contributed by atoms with Crippen LogP contribution in [-0.4, -0.2) is 41.2 Å². The highest BCUT2D eigenvalue weighted by Gasteiger charge is 2.29. The van der Waals surface area contributed by atoms with Crippen molar-refractivity contribution in [2.75, 3.05) is 13.2 Å². The van der Waals surface area contributed by atoms with Crippen LogP contribution in [0.15, 0.2) is 36.7 Å². The molecule has 25 heavy (non-hydrogen) atoms. The van der Waals surface area contributed by atoms with Crippen molar-refractivity contribution in [2.45, 2.75) is 25.2 Å². The SMILES string of the molecule is O=C(N[C@@H]1CCOC[C@H]1OCc1ccccn1)c1ncc(F)cc1F. The van der Waals surface area contributed by atoms with E-state index in [1.807, 2.05) is 12.1 Å². The van der Waals surface area contributed by atoms with Crippen molar-refractivity contribution >= 4 is 5.91 Å². The lowest BCUT2D eigenvalue weighted by molar-refractivity contribution is -0.0743. The minimum Gasteiger partial charge on any atom is -0.379 e. The van der Waals surface area contributed by atoms with Gasteiger partial charge in [-0.15, -0.1) is 0 Å². The van der Waals surface area contributed by atoms with Crippen molar-refractivity contribution in [2.24, 2.45) is 0 Å². The molecule has 6 nitrogen and oxygen atoms in total. The maximum Gasteiger partial charge on any atom is 0.273 e. The number of amides is 1. The third-order valence-electron chi connectivity index (χ3n) is 3.81. The summed E-state index contributed by atoms with van der Waals surface area (Å²) in [5.41, 5.74) is 0.306.